The summed E-state index contributed by atoms with van der Waals surface area (Å²) in [5.74, 6) is -0.0343. The maximum atomic E-state index is 12.6. The third-order valence-electron chi connectivity index (χ3n) is 4.62. The Kier molecular flexibility index (Phi) is 5.71. The highest BCUT2D eigenvalue weighted by Crippen LogP contribution is 2.35. The van der Waals surface area contributed by atoms with Crippen LogP contribution in [0.2, 0.25) is 0 Å². The summed E-state index contributed by atoms with van der Waals surface area (Å²) < 4.78 is 3.79. The van der Waals surface area contributed by atoms with Gasteiger partial charge in [-0.2, -0.15) is 5.10 Å². The van der Waals surface area contributed by atoms with Crippen LogP contribution in [0.1, 0.15) is 15.4 Å². The van der Waals surface area contributed by atoms with E-state index >= 15 is 0 Å². The van der Waals surface area contributed by atoms with E-state index < -0.39 is 0 Å². The lowest BCUT2D eigenvalue weighted by atomic mass is 10.1. The number of aromatic nitrogens is 3. The van der Waals surface area contributed by atoms with Gasteiger partial charge in [0.1, 0.15) is 5.01 Å². The van der Waals surface area contributed by atoms with Crippen LogP contribution in [-0.2, 0) is 0 Å². The van der Waals surface area contributed by atoms with Crippen molar-refractivity contribution in [3.63, 3.8) is 0 Å². The smallest absolute Gasteiger partial charge is 0.213 e. The molecule has 0 amide bonds. The van der Waals surface area contributed by atoms with Crippen LogP contribution in [0.25, 0.3) is 32.9 Å². The molecule has 31 heavy (non-hydrogen) atoms. The molecule has 152 valence electrons. The molecular weight excluding hydrogens is 558 g/mol. The van der Waals surface area contributed by atoms with Gasteiger partial charge in [0.2, 0.25) is 4.96 Å². The van der Waals surface area contributed by atoms with Gasteiger partial charge in [-0.05, 0) is 41.8 Å². The lowest BCUT2D eigenvalue weighted by Crippen LogP contribution is -1.93. The zero-order valence-corrected chi connectivity index (χ0v) is 20.6. The number of fused-ring (bicyclic) bond motifs is 1. The van der Waals surface area contributed by atoms with Crippen LogP contribution in [0, 0.1) is 0 Å². The van der Waals surface area contributed by atoms with Crippen LogP contribution in [-0.4, -0.2) is 20.4 Å². The maximum absolute atomic E-state index is 12.6. The molecule has 0 atom stereocenters. The number of imidazole rings is 1. The van der Waals surface area contributed by atoms with Gasteiger partial charge >= 0.3 is 0 Å². The predicted octanol–water partition coefficient (Wildman–Crippen LogP) is 7.61. The first-order valence-corrected chi connectivity index (χ1v) is 12.5. The predicted molar refractivity (Wildman–Crippen MR) is 135 cm³/mol. The molecule has 0 saturated carbocycles. The van der Waals surface area contributed by atoms with Crippen LogP contribution in [0.15, 0.2) is 81.1 Å². The summed E-state index contributed by atoms with van der Waals surface area (Å²) in [6.45, 7) is 0. The van der Waals surface area contributed by atoms with E-state index in [2.05, 4.69) is 31.9 Å². The quantitative estimate of drug-likeness (QED) is 0.161. The first-order valence-electron chi connectivity index (χ1n) is 9.26. The van der Waals surface area contributed by atoms with Gasteiger partial charge in [-0.15, -0.1) is 11.3 Å². The molecule has 0 aliphatic heterocycles. The summed E-state index contributed by atoms with van der Waals surface area (Å²) in [5.41, 5.74) is 3.54. The molecule has 3 heterocycles. The molecule has 0 spiro atoms. The molecule has 0 fully saturated rings. The summed E-state index contributed by atoms with van der Waals surface area (Å²) in [7, 11) is 0. The zero-order chi connectivity index (χ0) is 21.4. The van der Waals surface area contributed by atoms with E-state index in [9.17, 15) is 4.79 Å². The van der Waals surface area contributed by atoms with E-state index in [1.807, 2.05) is 76.6 Å². The zero-order valence-electron chi connectivity index (χ0n) is 15.8. The topological polar surface area (TPSA) is 47.3 Å². The largest absolute Gasteiger partial charge is 0.288 e. The Hall–Kier alpha value is -2.39. The Balaban J connectivity index is 1.64. The number of carbonyl (C=O) groups is 1. The van der Waals surface area contributed by atoms with Gasteiger partial charge < -0.3 is 0 Å². The first-order chi connectivity index (χ1) is 15.1. The molecule has 8 heteroatoms. The molecule has 0 aliphatic rings. The first kappa shape index (κ1) is 20.5. The van der Waals surface area contributed by atoms with E-state index in [0.29, 0.717) is 4.88 Å². The molecule has 0 bridgehead atoms. The van der Waals surface area contributed by atoms with Crippen LogP contribution in [0.3, 0.4) is 0 Å². The highest BCUT2D eigenvalue weighted by atomic mass is 79.9. The van der Waals surface area contributed by atoms with Crippen molar-refractivity contribution in [1.82, 2.24) is 14.6 Å². The van der Waals surface area contributed by atoms with Gasteiger partial charge in [0.25, 0.3) is 0 Å². The number of ketones is 1. The molecule has 3 aromatic heterocycles. The highest BCUT2D eigenvalue weighted by molar-refractivity contribution is 9.10. The van der Waals surface area contributed by atoms with Crippen molar-refractivity contribution in [1.29, 1.82) is 0 Å². The summed E-state index contributed by atoms with van der Waals surface area (Å²) in [6, 6.07) is 19.6. The molecule has 0 radical (unpaired) electrons. The minimum atomic E-state index is -0.0343. The molecule has 5 rings (SSSR count). The second kappa shape index (κ2) is 8.63. The number of carbonyl (C=O) groups excluding carboxylic acids is 1. The fourth-order valence-corrected chi connectivity index (χ4v) is 5.59. The van der Waals surface area contributed by atoms with Crippen molar-refractivity contribution in [3.8, 4) is 21.8 Å². The van der Waals surface area contributed by atoms with Crippen molar-refractivity contribution >= 4 is 71.4 Å². The third kappa shape index (κ3) is 4.08. The van der Waals surface area contributed by atoms with Crippen LogP contribution in [0.5, 0.6) is 0 Å². The average molecular weight is 571 g/mol. The number of nitrogens with zero attached hydrogens (tertiary/aromatic N) is 3. The Bertz CT molecular complexity index is 1420. The molecule has 0 N–H and O–H groups in total. The summed E-state index contributed by atoms with van der Waals surface area (Å²) in [5, 5.41) is 7.58. The van der Waals surface area contributed by atoms with E-state index in [-0.39, 0.29) is 5.78 Å². The fourth-order valence-electron chi connectivity index (χ4n) is 3.13. The van der Waals surface area contributed by atoms with Crippen LogP contribution in [0.4, 0.5) is 0 Å². The van der Waals surface area contributed by atoms with E-state index in [4.69, 9.17) is 10.1 Å². The summed E-state index contributed by atoms with van der Waals surface area (Å²) in [4.78, 5) is 18.9. The van der Waals surface area contributed by atoms with Crippen molar-refractivity contribution in [2.45, 2.75) is 0 Å². The van der Waals surface area contributed by atoms with E-state index in [1.54, 1.807) is 6.08 Å². The SMILES string of the molecule is O=C(/C=C/c1c(-c2ccc(Br)cc2)nc2sc(-c3ccccc3Br)nn12)c1cccs1. The van der Waals surface area contributed by atoms with Gasteiger partial charge in [0, 0.05) is 20.1 Å². The Labute approximate surface area is 203 Å². The van der Waals surface area contributed by atoms with Crippen molar-refractivity contribution < 1.29 is 4.79 Å². The number of allylic oxidation sites excluding steroid dienone is 1. The number of benzene rings is 2. The molecule has 4 nitrogen and oxygen atoms in total. The number of hydrogen-bond acceptors (Lipinski definition) is 5. The minimum Gasteiger partial charge on any atom is -0.288 e. The van der Waals surface area contributed by atoms with Gasteiger partial charge in [-0.25, -0.2) is 9.50 Å². The molecule has 0 unspecified atom stereocenters. The van der Waals surface area contributed by atoms with Gasteiger partial charge in [-0.1, -0.05) is 79.6 Å². The maximum Gasteiger partial charge on any atom is 0.213 e. The Morgan fingerprint density at radius 3 is 2.55 bits per heavy atom. The van der Waals surface area contributed by atoms with Gasteiger partial charge in [0.15, 0.2) is 5.78 Å². The number of halogens is 2. The van der Waals surface area contributed by atoms with Gasteiger partial charge in [-0.3, -0.25) is 4.79 Å². The lowest BCUT2D eigenvalue weighted by molar-refractivity contribution is 0.105. The molecular formula is C23H13Br2N3OS2. The lowest BCUT2D eigenvalue weighted by Gasteiger charge is -2.01. The Morgan fingerprint density at radius 2 is 1.81 bits per heavy atom. The number of thiophene rings is 1. The van der Waals surface area contributed by atoms with Crippen LogP contribution >= 0.6 is 54.5 Å². The van der Waals surface area contributed by atoms with Gasteiger partial charge in [0.05, 0.1) is 16.3 Å². The highest BCUT2D eigenvalue weighted by Gasteiger charge is 2.18. The monoisotopic (exact) mass is 569 g/mol. The molecule has 0 saturated heterocycles. The van der Waals surface area contributed by atoms with E-state index in [0.717, 1.165) is 41.4 Å². The minimum absolute atomic E-state index is 0.0343. The Morgan fingerprint density at radius 1 is 1.00 bits per heavy atom. The molecule has 0 aliphatic carbocycles. The standard InChI is InChI=1S/C23H13Br2N3OS2/c24-15-9-7-14(8-10-15)21-18(11-12-19(29)20-6-3-13-30-20)28-23(26-21)31-22(27-28)16-4-1-2-5-17(16)25/h1-13H/b12-11+. The van der Waals surface area contributed by atoms with Crippen molar-refractivity contribution in [2.24, 2.45) is 0 Å². The van der Waals surface area contributed by atoms with Crippen molar-refractivity contribution in [3.05, 3.63) is 91.6 Å². The summed E-state index contributed by atoms with van der Waals surface area (Å²) >= 11 is 10.0. The normalized spacial score (nSPS) is 11.5. The van der Waals surface area contributed by atoms with E-state index in [1.165, 1.54) is 22.7 Å². The second-order valence-corrected chi connectivity index (χ2v) is 10.3. The average Bonchev–Trinajstić information content (AvgIpc) is 3.50. The van der Waals surface area contributed by atoms with Crippen LogP contribution < -0.4 is 0 Å². The fraction of sp³-hybridized carbons (Fsp3) is 0. The molecule has 2 aromatic carbocycles. The molecule has 5 aromatic rings. The van der Waals surface area contributed by atoms with Crippen molar-refractivity contribution in [2.75, 3.05) is 0 Å². The number of hydrogen-bond donors (Lipinski definition) is 0. The third-order valence-corrected chi connectivity index (χ3v) is 7.66. The summed E-state index contributed by atoms with van der Waals surface area (Å²) in [6.07, 6.45) is 3.40. The second-order valence-electron chi connectivity index (χ2n) is 6.61. The number of rotatable bonds is 5.